The molecule has 5 aromatic rings. The molecule has 1 atom stereocenters. The maximum absolute atomic E-state index is 14.4. The first-order valence-electron chi connectivity index (χ1n) is 18.9. The molecule has 0 radical (unpaired) electrons. The summed E-state index contributed by atoms with van der Waals surface area (Å²) in [4.78, 5) is 75.2. The number of fused-ring (bicyclic) bond motifs is 1. The summed E-state index contributed by atoms with van der Waals surface area (Å²) in [5, 5.41) is 30.4. The minimum atomic E-state index is -5.08. The van der Waals surface area contributed by atoms with Crippen molar-refractivity contribution in [1.82, 2.24) is 34.7 Å². The molecule has 4 heterocycles. The average Bonchev–Trinajstić information content (AvgIpc) is 4.08. The van der Waals surface area contributed by atoms with E-state index in [1.165, 1.54) is 11.1 Å². The number of alkyl halides is 6. The highest BCUT2D eigenvalue weighted by Crippen LogP contribution is 2.48. The van der Waals surface area contributed by atoms with E-state index < -0.39 is 46.8 Å². The van der Waals surface area contributed by atoms with Gasteiger partial charge in [0.2, 0.25) is 11.9 Å². The Labute approximate surface area is 373 Å². The van der Waals surface area contributed by atoms with Gasteiger partial charge in [-0.1, -0.05) is 35.3 Å². The Bertz CT molecular complexity index is 2680. The fourth-order valence-corrected chi connectivity index (χ4v) is 7.41. The summed E-state index contributed by atoms with van der Waals surface area (Å²) in [6.07, 6.45) is -0.833. The van der Waals surface area contributed by atoms with Crippen molar-refractivity contribution < 1.29 is 60.5 Å². The Morgan fingerprint density at radius 3 is 1.89 bits per heavy atom. The molecule has 2 aromatic carbocycles. The first-order chi connectivity index (χ1) is 30.3. The third kappa shape index (κ3) is 10.1. The number of halogens is 8. The Morgan fingerprint density at radius 1 is 0.846 bits per heavy atom. The van der Waals surface area contributed by atoms with Crippen LogP contribution in [0.4, 0.5) is 38.0 Å². The lowest BCUT2D eigenvalue weighted by Gasteiger charge is -2.27. The van der Waals surface area contributed by atoms with E-state index in [1.54, 1.807) is 66.3 Å². The summed E-state index contributed by atoms with van der Waals surface area (Å²) in [5.41, 5.74) is 0.361. The van der Waals surface area contributed by atoms with Crippen LogP contribution < -0.4 is 15.5 Å². The van der Waals surface area contributed by atoms with Crippen molar-refractivity contribution >= 4 is 64.5 Å². The van der Waals surface area contributed by atoms with Gasteiger partial charge in [0, 0.05) is 47.7 Å². The lowest BCUT2D eigenvalue weighted by molar-refractivity contribution is -0.193. The molecule has 0 spiro atoms. The van der Waals surface area contributed by atoms with E-state index in [4.69, 9.17) is 43.0 Å². The van der Waals surface area contributed by atoms with Crippen LogP contribution in [0.25, 0.3) is 11.4 Å². The standard InChI is InChI=1S/C37H31Cl2N9O3.2C2HF3O2/c1-35(18-22-3-5-23(19-40)6-4-22)33(51)47(27-16-25(38)15-26(39)17-27)34-43-21-28(48(34)35)31(49)44-37(11-12-37)32(50)45-36(9-10-36)29-8-7-24(20-42-29)30-41-13-14-46(30)2;2*3-2(4,5)1(6)7/h3-8,13-17,20-21H,9-12,18H2,1-2H3,(H,44,49)(H,45,50);2*(H,6,7)/t35-;;/m1../s1. The highest BCUT2D eigenvalue weighted by atomic mass is 35.5. The number of carbonyl (C=O) groups is 5. The van der Waals surface area contributed by atoms with Crippen LogP contribution in [0.5, 0.6) is 0 Å². The maximum Gasteiger partial charge on any atom is 0.490 e. The van der Waals surface area contributed by atoms with Gasteiger partial charge in [-0.3, -0.25) is 23.9 Å². The molecule has 2 aliphatic carbocycles. The number of carbonyl (C=O) groups excluding carboxylic acids is 3. The fourth-order valence-electron chi connectivity index (χ4n) is 6.90. The molecular weight excluding hydrogens is 915 g/mol. The number of carboxylic acid groups (broad SMARTS) is 2. The first kappa shape index (κ1) is 47.5. The topological polar surface area (TPSA) is 225 Å². The summed E-state index contributed by atoms with van der Waals surface area (Å²) < 4.78 is 67.0. The molecule has 24 heteroatoms. The van der Waals surface area contributed by atoms with Gasteiger partial charge in [0.1, 0.15) is 22.6 Å². The van der Waals surface area contributed by atoms with Crippen LogP contribution in [0, 0.1) is 11.3 Å². The minimum Gasteiger partial charge on any atom is -0.475 e. The summed E-state index contributed by atoms with van der Waals surface area (Å²) in [6, 6.07) is 17.7. The molecule has 3 aromatic heterocycles. The number of nitrogens with one attached hydrogen (secondary N) is 2. The van der Waals surface area contributed by atoms with E-state index in [-0.39, 0.29) is 29.9 Å². The second kappa shape index (κ2) is 17.5. The van der Waals surface area contributed by atoms with E-state index in [2.05, 4.69) is 31.7 Å². The molecule has 2 fully saturated rings. The minimum absolute atomic E-state index is 0.122. The van der Waals surface area contributed by atoms with Crippen LogP contribution in [0.3, 0.4) is 0 Å². The molecule has 1 aliphatic heterocycles. The lowest BCUT2D eigenvalue weighted by atomic mass is 9.91. The number of hydrogen-bond donors (Lipinski definition) is 4. The lowest BCUT2D eigenvalue weighted by Crippen LogP contribution is -2.52. The predicted molar refractivity (Wildman–Crippen MR) is 217 cm³/mol. The molecule has 65 heavy (non-hydrogen) atoms. The summed E-state index contributed by atoms with van der Waals surface area (Å²) in [6.45, 7) is 1.74. The molecule has 0 bridgehead atoms. The van der Waals surface area contributed by atoms with Crippen molar-refractivity contribution in [2.75, 3.05) is 4.90 Å². The number of anilines is 2. The zero-order chi connectivity index (χ0) is 47.9. The quantitative estimate of drug-likeness (QED) is 0.112. The number of amides is 3. The van der Waals surface area contributed by atoms with Crippen molar-refractivity contribution in [3.63, 3.8) is 0 Å². The SMILES string of the molecule is Cn1ccnc1-c1ccc(C2(NC(=O)C3(NC(=O)c4cnc5n4[C@](C)(Cc4ccc(C#N)cc4)C(=O)N5c4cc(Cl)cc(Cl)c4)CC3)CC2)nc1.O=C(O)C(F)(F)F.O=C(O)C(F)(F)F. The number of imidazole rings is 2. The average molecular weight is 949 g/mol. The monoisotopic (exact) mass is 947 g/mol. The second-order valence-corrected chi connectivity index (χ2v) is 16.2. The second-order valence-electron chi connectivity index (χ2n) is 15.3. The highest BCUT2D eigenvalue weighted by Gasteiger charge is 2.57. The predicted octanol–water partition coefficient (Wildman–Crippen LogP) is 6.83. The van der Waals surface area contributed by atoms with Crippen molar-refractivity contribution in [1.29, 1.82) is 5.26 Å². The Kier molecular flexibility index (Phi) is 12.8. The normalized spacial score (nSPS) is 17.6. The summed E-state index contributed by atoms with van der Waals surface area (Å²) >= 11 is 12.7. The number of rotatable bonds is 9. The van der Waals surface area contributed by atoms with Crippen LogP contribution in [-0.4, -0.2) is 81.9 Å². The van der Waals surface area contributed by atoms with Crippen molar-refractivity contribution in [2.45, 2.75) is 68.0 Å². The molecule has 4 N–H and O–H groups in total. The van der Waals surface area contributed by atoms with Crippen LogP contribution >= 0.6 is 23.2 Å². The van der Waals surface area contributed by atoms with Crippen LogP contribution in [-0.2, 0) is 43.7 Å². The van der Waals surface area contributed by atoms with Gasteiger partial charge in [-0.05, 0) is 80.6 Å². The molecule has 340 valence electrons. The van der Waals surface area contributed by atoms with Gasteiger partial charge >= 0.3 is 24.3 Å². The van der Waals surface area contributed by atoms with E-state index in [9.17, 15) is 46.0 Å². The summed E-state index contributed by atoms with van der Waals surface area (Å²) in [7, 11) is 1.92. The number of nitrogens with zero attached hydrogens (tertiary/aromatic N) is 7. The number of aryl methyl sites for hydroxylation is 1. The van der Waals surface area contributed by atoms with Crippen LogP contribution in [0.15, 0.2) is 79.4 Å². The maximum atomic E-state index is 14.4. The zero-order valence-corrected chi connectivity index (χ0v) is 35.1. The molecular formula is C41H33Cl2F6N9O7. The molecule has 3 amide bonds. The number of benzene rings is 2. The van der Waals surface area contributed by atoms with Gasteiger partial charge in [0.15, 0.2) is 0 Å². The van der Waals surface area contributed by atoms with Crippen LogP contribution in [0.1, 0.15) is 59.9 Å². The molecule has 2 saturated carbocycles. The largest absolute Gasteiger partial charge is 0.490 e. The Hall–Kier alpha value is -6.99. The van der Waals surface area contributed by atoms with Gasteiger partial charge in [0.05, 0.1) is 34.7 Å². The van der Waals surface area contributed by atoms with Gasteiger partial charge in [-0.15, -0.1) is 0 Å². The molecule has 8 rings (SSSR count). The molecule has 0 unspecified atom stereocenters. The van der Waals surface area contributed by atoms with E-state index in [0.29, 0.717) is 34.1 Å². The molecule has 3 aliphatic rings. The van der Waals surface area contributed by atoms with Gasteiger partial charge < -0.3 is 25.4 Å². The number of carboxylic acids is 2. The molecule has 16 nitrogen and oxygen atoms in total. The fraction of sp³-hybridized carbons (Fsp3) is 0.293. The van der Waals surface area contributed by atoms with Gasteiger partial charge in [-0.25, -0.2) is 24.5 Å². The number of aromatic nitrogens is 5. The van der Waals surface area contributed by atoms with Crippen LogP contribution in [0.2, 0.25) is 10.0 Å². The number of aliphatic carboxylic acids is 2. The van der Waals surface area contributed by atoms with E-state index in [1.807, 2.05) is 29.9 Å². The third-order valence-electron chi connectivity index (χ3n) is 10.5. The van der Waals surface area contributed by atoms with Crippen molar-refractivity contribution in [3.8, 4) is 17.5 Å². The summed E-state index contributed by atoms with van der Waals surface area (Å²) in [5.74, 6) is -5.67. The van der Waals surface area contributed by atoms with Gasteiger partial charge in [-0.2, -0.15) is 31.6 Å². The third-order valence-corrected chi connectivity index (χ3v) is 11.0. The van der Waals surface area contributed by atoms with Gasteiger partial charge in [0.25, 0.3) is 11.8 Å². The smallest absolute Gasteiger partial charge is 0.475 e. The Morgan fingerprint density at radius 2 is 1.43 bits per heavy atom. The molecule has 0 saturated heterocycles. The zero-order valence-electron chi connectivity index (χ0n) is 33.6. The number of pyridine rings is 1. The Balaban J connectivity index is 0.000000435. The highest BCUT2D eigenvalue weighted by molar-refractivity contribution is 6.35. The number of hydrogen-bond acceptors (Lipinski definition) is 9. The van der Waals surface area contributed by atoms with Crippen molar-refractivity contribution in [3.05, 3.63) is 112 Å². The first-order valence-corrected chi connectivity index (χ1v) is 19.7. The number of nitriles is 1. The van der Waals surface area contributed by atoms with E-state index in [0.717, 1.165) is 35.5 Å². The van der Waals surface area contributed by atoms with E-state index >= 15 is 0 Å². The van der Waals surface area contributed by atoms with Crippen molar-refractivity contribution in [2.24, 2.45) is 7.05 Å².